The van der Waals surface area contributed by atoms with E-state index < -0.39 is 6.10 Å². The normalized spacial score (nSPS) is 17.4. The van der Waals surface area contributed by atoms with Crippen LogP contribution < -0.4 is 10.6 Å². The maximum atomic E-state index is 12.5. The van der Waals surface area contributed by atoms with E-state index in [1.807, 2.05) is 6.07 Å². The van der Waals surface area contributed by atoms with Crippen LogP contribution in [-0.4, -0.2) is 86.5 Å². The molecule has 1 atom stereocenters. The van der Waals surface area contributed by atoms with Crippen molar-refractivity contribution in [3.05, 3.63) is 47.7 Å². The van der Waals surface area contributed by atoms with E-state index in [4.69, 9.17) is 0 Å². The molecule has 2 aromatic rings. The van der Waals surface area contributed by atoms with Crippen molar-refractivity contribution in [1.82, 2.24) is 30.1 Å². The van der Waals surface area contributed by atoms with Gasteiger partial charge in [-0.3, -0.25) is 19.5 Å². The number of aliphatic hydroxyl groups is 1. The molecule has 2 aromatic heterocycles. The maximum absolute atomic E-state index is 12.5. The van der Waals surface area contributed by atoms with E-state index in [-0.39, 0.29) is 30.1 Å². The third kappa shape index (κ3) is 5.33. The summed E-state index contributed by atoms with van der Waals surface area (Å²) in [7, 11) is 0. The van der Waals surface area contributed by atoms with Crippen molar-refractivity contribution in [2.24, 2.45) is 0 Å². The molecular weight excluding hydrogens is 398 g/mol. The Morgan fingerprint density at radius 3 is 2.94 bits per heavy atom. The number of rotatable bonds is 7. The summed E-state index contributed by atoms with van der Waals surface area (Å²) in [5.41, 5.74) is 2.53. The molecule has 2 amide bonds. The van der Waals surface area contributed by atoms with Crippen LogP contribution in [0, 0.1) is 0 Å². The zero-order valence-electron chi connectivity index (χ0n) is 17.5. The Bertz CT molecular complexity index is 948. The molecule has 0 radical (unpaired) electrons. The highest BCUT2D eigenvalue weighted by Gasteiger charge is 2.28. The average molecular weight is 425 g/mol. The summed E-state index contributed by atoms with van der Waals surface area (Å²) >= 11 is 0. The summed E-state index contributed by atoms with van der Waals surface area (Å²) in [5.74, 6) is 0.218. The van der Waals surface area contributed by atoms with Gasteiger partial charge in [-0.05, 0) is 11.6 Å². The monoisotopic (exact) mass is 425 g/mol. The van der Waals surface area contributed by atoms with Crippen molar-refractivity contribution in [2.75, 3.05) is 38.0 Å². The fourth-order valence-corrected chi connectivity index (χ4v) is 3.84. The SMILES string of the molecule is CC(=O)N1CC(Nc2cc(C(=O)NC[C@H](O)CN3CCc4ncccc4C3)ncn2)C1. The lowest BCUT2D eigenvalue weighted by atomic mass is 10.1. The second kappa shape index (κ2) is 9.36. The summed E-state index contributed by atoms with van der Waals surface area (Å²) in [6.45, 7) is 4.96. The largest absolute Gasteiger partial charge is 0.390 e. The Kier molecular flexibility index (Phi) is 6.38. The van der Waals surface area contributed by atoms with Gasteiger partial charge in [0.1, 0.15) is 17.8 Å². The van der Waals surface area contributed by atoms with Gasteiger partial charge >= 0.3 is 0 Å². The van der Waals surface area contributed by atoms with Gasteiger partial charge < -0.3 is 20.6 Å². The van der Waals surface area contributed by atoms with Gasteiger partial charge in [0, 0.05) is 70.6 Å². The molecule has 3 N–H and O–H groups in total. The minimum Gasteiger partial charge on any atom is -0.390 e. The highest BCUT2D eigenvalue weighted by Crippen LogP contribution is 2.16. The number of carbonyl (C=O) groups is 2. The third-order valence-corrected chi connectivity index (χ3v) is 5.59. The standard InChI is InChI=1S/C21H27N7O3/c1-14(29)28-10-16(11-28)26-20-7-19(24-13-25-20)21(31)23-8-17(30)12-27-6-4-18-15(9-27)3-2-5-22-18/h2-3,5,7,13,16-17,30H,4,6,8-12H2,1H3,(H,23,31)(H,24,25,26)/t17-/m0/s1. The first-order chi connectivity index (χ1) is 15.0. The first-order valence-corrected chi connectivity index (χ1v) is 10.4. The number of amides is 2. The van der Waals surface area contributed by atoms with Crippen LogP contribution in [0.4, 0.5) is 5.82 Å². The smallest absolute Gasteiger partial charge is 0.270 e. The number of fused-ring (bicyclic) bond motifs is 1. The van der Waals surface area contributed by atoms with Crippen molar-refractivity contribution < 1.29 is 14.7 Å². The quantitative estimate of drug-likeness (QED) is 0.551. The van der Waals surface area contributed by atoms with Gasteiger partial charge in [-0.1, -0.05) is 6.07 Å². The molecule has 0 saturated carbocycles. The highest BCUT2D eigenvalue weighted by atomic mass is 16.3. The van der Waals surface area contributed by atoms with Crippen LogP contribution in [0.15, 0.2) is 30.7 Å². The molecule has 2 aliphatic heterocycles. The lowest BCUT2D eigenvalue weighted by Crippen LogP contribution is -2.56. The van der Waals surface area contributed by atoms with Crippen molar-refractivity contribution in [1.29, 1.82) is 0 Å². The predicted octanol–water partition coefficient (Wildman–Crippen LogP) is -0.337. The van der Waals surface area contributed by atoms with E-state index in [0.29, 0.717) is 25.5 Å². The highest BCUT2D eigenvalue weighted by molar-refractivity contribution is 5.92. The van der Waals surface area contributed by atoms with Gasteiger partial charge in [0.15, 0.2) is 0 Å². The Balaban J connectivity index is 1.23. The van der Waals surface area contributed by atoms with Crippen molar-refractivity contribution in [2.45, 2.75) is 32.0 Å². The zero-order valence-corrected chi connectivity index (χ0v) is 17.5. The van der Waals surface area contributed by atoms with Gasteiger partial charge in [-0.2, -0.15) is 0 Å². The van der Waals surface area contributed by atoms with Crippen molar-refractivity contribution in [3.63, 3.8) is 0 Å². The third-order valence-electron chi connectivity index (χ3n) is 5.59. The lowest BCUT2D eigenvalue weighted by molar-refractivity contribution is -0.132. The molecule has 0 unspecified atom stereocenters. The Morgan fingerprint density at radius 2 is 2.13 bits per heavy atom. The van der Waals surface area contributed by atoms with Gasteiger partial charge in [0.25, 0.3) is 5.91 Å². The number of β-amino-alcohol motifs (C(OH)–C–C–N with tert-alkyl or cyclic N) is 1. The number of nitrogens with one attached hydrogen (secondary N) is 2. The van der Waals surface area contributed by atoms with Gasteiger partial charge in [0.2, 0.25) is 5.91 Å². The molecule has 10 heteroatoms. The van der Waals surface area contributed by atoms with Gasteiger partial charge in [-0.15, -0.1) is 0 Å². The number of aliphatic hydroxyl groups excluding tert-OH is 1. The fraction of sp³-hybridized carbons (Fsp3) is 0.476. The molecule has 2 aliphatic rings. The minimum absolute atomic E-state index is 0.0461. The average Bonchev–Trinajstić information content (AvgIpc) is 2.74. The van der Waals surface area contributed by atoms with E-state index in [9.17, 15) is 14.7 Å². The first kappa shape index (κ1) is 21.1. The molecule has 31 heavy (non-hydrogen) atoms. The molecule has 10 nitrogen and oxygen atoms in total. The minimum atomic E-state index is -0.686. The summed E-state index contributed by atoms with van der Waals surface area (Å²) in [4.78, 5) is 40.2. The number of likely N-dealkylation sites (tertiary alicyclic amines) is 1. The fourth-order valence-electron chi connectivity index (χ4n) is 3.84. The van der Waals surface area contributed by atoms with Crippen LogP contribution in [0.5, 0.6) is 0 Å². The number of carbonyl (C=O) groups excluding carboxylic acids is 2. The van der Waals surface area contributed by atoms with E-state index in [0.717, 1.165) is 25.2 Å². The topological polar surface area (TPSA) is 124 Å². The number of pyridine rings is 1. The number of hydrogen-bond acceptors (Lipinski definition) is 8. The zero-order chi connectivity index (χ0) is 21.8. The van der Waals surface area contributed by atoms with Crippen molar-refractivity contribution >= 4 is 17.6 Å². The number of anilines is 1. The van der Waals surface area contributed by atoms with Crippen LogP contribution in [-0.2, 0) is 17.8 Å². The van der Waals surface area contributed by atoms with E-state index in [1.165, 1.54) is 11.9 Å². The Hall–Kier alpha value is -3.11. The number of nitrogens with zero attached hydrogens (tertiary/aromatic N) is 5. The first-order valence-electron chi connectivity index (χ1n) is 10.4. The van der Waals surface area contributed by atoms with E-state index >= 15 is 0 Å². The van der Waals surface area contributed by atoms with E-state index in [1.54, 1.807) is 24.1 Å². The van der Waals surface area contributed by atoms with E-state index in [2.05, 4.69) is 36.6 Å². The molecule has 1 saturated heterocycles. The van der Waals surface area contributed by atoms with Gasteiger partial charge in [-0.25, -0.2) is 9.97 Å². The summed E-state index contributed by atoms with van der Waals surface area (Å²) in [5, 5.41) is 16.3. The molecule has 0 spiro atoms. The van der Waals surface area contributed by atoms with Crippen molar-refractivity contribution in [3.8, 4) is 0 Å². The molecule has 4 rings (SSSR count). The van der Waals surface area contributed by atoms with Crippen LogP contribution >= 0.6 is 0 Å². The van der Waals surface area contributed by atoms with Crippen LogP contribution in [0.25, 0.3) is 0 Å². The molecule has 4 heterocycles. The summed E-state index contributed by atoms with van der Waals surface area (Å²) in [6.07, 6.45) is 3.31. The van der Waals surface area contributed by atoms with Gasteiger partial charge in [0.05, 0.1) is 12.1 Å². The Morgan fingerprint density at radius 1 is 1.29 bits per heavy atom. The van der Waals surface area contributed by atoms with Crippen LogP contribution in [0.2, 0.25) is 0 Å². The molecule has 0 bridgehead atoms. The molecular formula is C21H27N7O3. The second-order valence-corrected chi connectivity index (χ2v) is 8.01. The number of aromatic nitrogens is 3. The summed E-state index contributed by atoms with van der Waals surface area (Å²) in [6, 6.07) is 5.67. The maximum Gasteiger partial charge on any atom is 0.270 e. The molecule has 0 aromatic carbocycles. The second-order valence-electron chi connectivity index (χ2n) is 8.01. The number of hydrogen-bond donors (Lipinski definition) is 3. The molecule has 164 valence electrons. The summed E-state index contributed by atoms with van der Waals surface area (Å²) < 4.78 is 0. The van der Waals surface area contributed by atoms with Crippen LogP contribution in [0.1, 0.15) is 28.7 Å². The molecule has 0 aliphatic carbocycles. The lowest BCUT2D eigenvalue weighted by Gasteiger charge is -2.39. The van der Waals surface area contributed by atoms with Crippen LogP contribution in [0.3, 0.4) is 0 Å². The molecule has 1 fully saturated rings. The predicted molar refractivity (Wildman–Crippen MR) is 113 cm³/mol. The Labute approximate surface area is 180 Å².